The monoisotopic (exact) mass is 249 g/mol. The largest absolute Gasteiger partial charge is 0.383 e. The van der Waals surface area contributed by atoms with Crippen molar-refractivity contribution in [2.24, 2.45) is 0 Å². The molecule has 0 saturated heterocycles. The highest BCUT2D eigenvalue weighted by Gasteiger charge is 2.12. The van der Waals surface area contributed by atoms with Crippen LogP contribution >= 0.6 is 0 Å². The van der Waals surface area contributed by atoms with E-state index in [1.165, 1.54) is 0 Å². The molecule has 0 aliphatic rings. The zero-order chi connectivity index (χ0) is 13.5. The molecule has 0 radical (unpaired) electrons. The van der Waals surface area contributed by atoms with Gasteiger partial charge in [0.2, 0.25) is 0 Å². The van der Waals surface area contributed by atoms with Gasteiger partial charge in [0, 0.05) is 31.7 Å². The number of nitrogens with zero attached hydrogens (tertiary/aromatic N) is 1. The lowest BCUT2D eigenvalue weighted by atomic mass is 10.0. The van der Waals surface area contributed by atoms with Crippen molar-refractivity contribution in [1.29, 1.82) is 0 Å². The van der Waals surface area contributed by atoms with Crippen molar-refractivity contribution in [1.82, 2.24) is 4.90 Å². The molecule has 0 aliphatic heterocycles. The number of ketones is 1. The van der Waals surface area contributed by atoms with Crippen LogP contribution in [0.15, 0.2) is 24.3 Å². The van der Waals surface area contributed by atoms with E-state index in [2.05, 4.69) is 11.8 Å². The highest BCUT2D eigenvalue weighted by Crippen LogP contribution is 2.10. The zero-order valence-corrected chi connectivity index (χ0v) is 11.8. The lowest BCUT2D eigenvalue weighted by molar-refractivity contribution is 0.0916. The number of carbonyl (C=O) groups is 1. The third-order valence-electron chi connectivity index (χ3n) is 3.30. The summed E-state index contributed by atoms with van der Waals surface area (Å²) >= 11 is 0. The van der Waals surface area contributed by atoms with Gasteiger partial charge in [0.25, 0.3) is 0 Å². The second-order valence-electron chi connectivity index (χ2n) is 4.77. The number of carbonyl (C=O) groups excluding carboxylic acids is 1. The minimum atomic E-state index is 0.213. The minimum Gasteiger partial charge on any atom is -0.383 e. The Kier molecular flexibility index (Phi) is 6.02. The molecule has 3 nitrogen and oxygen atoms in total. The SMILES string of the molecule is COCC(C)N(C)CCC(=O)c1ccccc1C. The predicted octanol–water partition coefficient (Wildman–Crippen LogP) is 2.53. The summed E-state index contributed by atoms with van der Waals surface area (Å²) in [5.41, 5.74) is 1.89. The van der Waals surface area contributed by atoms with Crippen molar-refractivity contribution in [3.8, 4) is 0 Å². The van der Waals surface area contributed by atoms with Crippen molar-refractivity contribution in [3.63, 3.8) is 0 Å². The van der Waals surface area contributed by atoms with Gasteiger partial charge in [-0.2, -0.15) is 0 Å². The maximum absolute atomic E-state index is 12.1. The second kappa shape index (κ2) is 7.29. The Morgan fingerprint density at radius 1 is 1.39 bits per heavy atom. The van der Waals surface area contributed by atoms with Crippen LogP contribution in [0.3, 0.4) is 0 Å². The summed E-state index contributed by atoms with van der Waals surface area (Å²) < 4.78 is 5.11. The number of likely N-dealkylation sites (N-methyl/N-ethyl adjacent to an activating group) is 1. The molecule has 1 unspecified atom stereocenters. The van der Waals surface area contributed by atoms with Gasteiger partial charge in [-0.25, -0.2) is 0 Å². The molecule has 0 amide bonds. The molecule has 0 aromatic heterocycles. The molecule has 0 heterocycles. The quantitative estimate of drug-likeness (QED) is 0.695. The third kappa shape index (κ3) is 4.24. The van der Waals surface area contributed by atoms with E-state index >= 15 is 0 Å². The molecule has 18 heavy (non-hydrogen) atoms. The van der Waals surface area contributed by atoms with Gasteiger partial charge in [-0.3, -0.25) is 4.79 Å². The zero-order valence-electron chi connectivity index (χ0n) is 11.8. The molecule has 1 atom stereocenters. The van der Waals surface area contributed by atoms with Gasteiger partial charge in [-0.15, -0.1) is 0 Å². The normalized spacial score (nSPS) is 12.7. The average molecular weight is 249 g/mol. The van der Waals surface area contributed by atoms with E-state index in [1.807, 2.05) is 38.2 Å². The van der Waals surface area contributed by atoms with Gasteiger partial charge in [-0.05, 0) is 26.5 Å². The smallest absolute Gasteiger partial charge is 0.164 e. The fraction of sp³-hybridized carbons (Fsp3) is 0.533. The third-order valence-corrected chi connectivity index (χ3v) is 3.30. The van der Waals surface area contributed by atoms with E-state index in [9.17, 15) is 4.79 Å². The Labute approximate surface area is 110 Å². The second-order valence-corrected chi connectivity index (χ2v) is 4.77. The Morgan fingerprint density at radius 2 is 2.06 bits per heavy atom. The molecule has 1 aromatic rings. The highest BCUT2D eigenvalue weighted by molar-refractivity contribution is 5.97. The van der Waals surface area contributed by atoms with Crippen molar-refractivity contribution < 1.29 is 9.53 Å². The topological polar surface area (TPSA) is 29.5 Å². The first-order valence-corrected chi connectivity index (χ1v) is 6.34. The number of methoxy groups -OCH3 is 1. The number of aryl methyl sites for hydroxylation is 1. The molecule has 1 aromatic carbocycles. The Bertz CT molecular complexity index is 390. The van der Waals surface area contributed by atoms with Gasteiger partial charge in [-0.1, -0.05) is 24.3 Å². The number of Topliss-reactive ketones (excluding diaryl/α,β-unsaturated/α-hetero) is 1. The molecule has 0 fully saturated rings. The fourth-order valence-corrected chi connectivity index (χ4v) is 1.89. The maximum atomic E-state index is 12.1. The lowest BCUT2D eigenvalue weighted by Gasteiger charge is -2.23. The van der Waals surface area contributed by atoms with Crippen LogP contribution in [0.4, 0.5) is 0 Å². The molecule has 100 valence electrons. The van der Waals surface area contributed by atoms with E-state index < -0.39 is 0 Å². The number of rotatable bonds is 7. The molecular weight excluding hydrogens is 226 g/mol. The molecule has 0 spiro atoms. The standard InChI is InChI=1S/C15H23NO2/c1-12-7-5-6-8-14(12)15(17)9-10-16(3)13(2)11-18-4/h5-8,13H,9-11H2,1-4H3. The number of hydrogen-bond acceptors (Lipinski definition) is 3. The number of ether oxygens (including phenoxy) is 1. The van der Waals surface area contributed by atoms with Crippen LogP contribution in [0.5, 0.6) is 0 Å². The molecule has 0 N–H and O–H groups in total. The summed E-state index contributed by atoms with van der Waals surface area (Å²) in [4.78, 5) is 14.2. The van der Waals surface area contributed by atoms with Crippen molar-refractivity contribution >= 4 is 5.78 Å². The molecule has 3 heteroatoms. The summed E-state index contributed by atoms with van der Waals surface area (Å²) in [6.07, 6.45) is 0.551. The Hall–Kier alpha value is -1.19. The van der Waals surface area contributed by atoms with Crippen LogP contribution in [0.1, 0.15) is 29.3 Å². The van der Waals surface area contributed by atoms with Crippen LogP contribution in [-0.2, 0) is 4.74 Å². The van der Waals surface area contributed by atoms with Crippen LogP contribution < -0.4 is 0 Å². The lowest BCUT2D eigenvalue weighted by Crippen LogP contribution is -2.34. The average Bonchev–Trinajstić information content (AvgIpc) is 2.36. The van der Waals surface area contributed by atoms with Gasteiger partial charge >= 0.3 is 0 Å². The fourth-order valence-electron chi connectivity index (χ4n) is 1.89. The van der Waals surface area contributed by atoms with E-state index in [-0.39, 0.29) is 5.78 Å². The molecule has 1 rings (SSSR count). The van der Waals surface area contributed by atoms with E-state index in [0.717, 1.165) is 17.7 Å². The first-order valence-electron chi connectivity index (χ1n) is 6.34. The van der Waals surface area contributed by atoms with Gasteiger partial charge in [0.15, 0.2) is 5.78 Å². The summed E-state index contributed by atoms with van der Waals surface area (Å²) in [6, 6.07) is 8.08. The summed E-state index contributed by atoms with van der Waals surface area (Å²) in [7, 11) is 3.72. The summed E-state index contributed by atoms with van der Waals surface area (Å²) in [5.74, 6) is 0.213. The molecular formula is C15H23NO2. The first kappa shape index (κ1) is 14.9. The number of hydrogen-bond donors (Lipinski definition) is 0. The Morgan fingerprint density at radius 3 is 2.67 bits per heavy atom. The summed E-state index contributed by atoms with van der Waals surface area (Å²) in [6.45, 7) is 5.53. The number of benzene rings is 1. The van der Waals surface area contributed by atoms with E-state index in [4.69, 9.17) is 4.74 Å². The van der Waals surface area contributed by atoms with Crippen LogP contribution in [0.25, 0.3) is 0 Å². The van der Waals surface area contributed by atoms with Gasteiger partial charge in [0.1, 0.15) is 0 Å². The van der Waals surface area contributed by atoms with Crippen LogP contribution in [0, 0.1) is 6.92 Å². The molecule has 0 aliphatic carbocycles. The summed E-state index contributed by atoms with van der Waals surface area (Å²) in [5, 5.41) is 0. The predicted molar refractivity (Wildman–Crippen MR) is 74.1 cm³/mol. The van der Waals surface area contributed by atoms with E-state index in [1.54, 1.807) is 7.11 Å². The van der Waals surface area contributed by atoms with Crippen LogP contribution in [-0.4, -0.2) is 44.0 Å². The maximum Gasteiger partial charge on any atom is 0.164 e. The van der Waals surface area contributed by atoms with Gasteiger partial charge < -0.3 is 9.64 Å². The molecule has 0 bridgehead atoms. The highest BCUT2D eigenvalue weighted by atomic mass is 16.5. The molecule has 0 saturated carbocycles. The van der Waals surface area contributed by atoms with E-state index in [0.29, 0.717) is 19.1 Å². The van der Waals surface area contributed by atoms with Crippen molar-refractivity contribution in [3.05, 3.63) is 35.4 Å². The Balaban J connectivity index is 2.49. The first-order chi connectivity index (χ1) is 8.56. The van der Waals surface area contributed by atoms with Crippen molar-refractivity contribution in [2.45, 2.75) is 26.3 Å². The van der Waals surface area contributed by atoms with Crippen molar-refractivity contribution in [2.75, 3.05) is 27.3 Å². The van der Waals surface area contributed by atoms with Crippen LogP contribution in [0.2, 0.25) is 0 Å². The van der Waals surface area contributed by atoms with Gasteiger partial charge in [0.05, 0.1) is 6.61 Å². The minimum absolute atomic E-state index is 0.213.